The molecule has 0 saturated heterocycles. The van der Waals surface area contributed by atoms with E-state index in [-0.39, 0.29) is 24.1 Å². The van der Waals surface area contributed by atoms with Gasteiger partial charge in [0.25, 0.3) is 0 Å². The summed E-state index contributed by atoms with van der Waals surface area (Å²) in [4.78, 5) is 25.8. The van der Waals surface area contributed by atoms with Crippen molar-refractivity contribution in [3.63, 3.8) is 0 Å². The quantitative estimate of drug-likeness (QED) is 0.805. The largest absolute Gasteiger partial charge is 0.478 e. The van der Waals surface area contributed by atoms with Gasteiger partial charge in [0.05, 0.1) is 0 Å². The molecule has 6 heteroatoms. The molecule has 128 valence electrons. The molecule has 0 spiro atoms. The minimum Gasteiger partial charge on any atom is -0.478 e. The van der Waals surface area contributed by atoms with E-state index in [1.165, 1.54) is 0 Å². The third-order valence-electron chi connectivity index (χ3n) is 4.07. The van der Waals surface area contributed by atoms with Gasteiger partial charge in [0.15, 0.2) is 11.9 Å². The second-order valence-electron chi connectivity index (χ2n) is 6.16. The highest BCUT2D eigenvalue weighted by Crippen LogP contribution is 2.32. The zero-order valence-corrected chi connectivity index (χ0v) is 14.8. The Morgan fingerprint density at radius 1 is 1.39 bits per heavy atom. The molecule has 1 heterocycles. The van der Waals surface area contributed by atoms with Crippen molar-refractivity contribution in [1.82, 2.24) is 4.90 Å². The molecule has 1 aliphatic heterocycles. The zero-order valence-electron chi connectivity index (χ0n) is 14.0. The highest BCUT2D eigenvalue weighted by molar-refractivity contribution is 5.99. The molecule has 0 aliphatic carbocycles. The Hall–Kier alpha value is -1.59. The van der Waals surface area contributed by atoms with Crippen LogP contribution in [0, 0.1) is 12.8 Å². The van der Waals surface area contributed by atoms with Crippen LogP contribution in [0.2, 0.25) is 0 Å². The standard InChI is InChI=1S/C17H23NO4.ClH/c1-5-11(9-18(3)4)16(19)13-7-12-8-15(17(20)21)22-14(12)6-10(13)2;/h6-7,11,15H,5,8-9H2,1-4H3,(H,20,21);1H. The lowest BCUT2D eigenvalue weighted by Crippen LogP contribution is -2.28. The number of hydrogen-bond donors (Lipinski definition) is 1. The Morgan fingerprint density at radius 2 is 2.04 bits per heavy atom. The first-order valence-electron chi connectivity index (χ1n) is 7.55. The molecule has 0 saturated carbocycles. The third kappa shape index (κ3) is 4.24. The average Bonchev–Trinajstić information content (AvgIpc) is 2.85. The van der Waals surface area contributed by atoms with Gasteiger partial charge in [-0.15, -0.1) is 12.4 Å². The number of carbonyl (C=O) groups is 2. The minimum absolute atomic E-state index is 0. The lowest BCUT2D eigenvalue weighted by atomic mass is 9.90. The first-order valence-corrected chi connectivity index (χ1v) is 7.55. The maximum atomic E-state index is 12.8. The second kappa shape index (κ2) is 7.79. The molecule has 2 rings (SSSR count). The number of ketones is 1. The zero-order chi connectivity index (χ0) is 16.4. The SMILES string of the molecule is CCC(CN(C)C)C(=O)c1cc2c(cc1C)OC(C(=O)O)C2.Cl. The van der Waals surface area contributed by atoms with Crippen LogP contribution >= 0.6 is 12.4 Å². The minimum atomic E-state index is -0.972. The predicted molar refractivity (Wildman–Crippen MR) is 90.8 cm³/mol. The Kier molecular flexibility index (Phi) is 6.59. The number of aliphatic carboxylic acids is 1. The van der Waals surface area contributed by atoms with E-state index in [9.17, 15) is 9.59 Å². The third-order valence-corrected chi connectivity index (χ3v) is 4.07. The first-order chi connectivity index (χ1) is 10.3. The average molecular weight is 342 g/mol. The number of rotatable bonds is 6. The molecule has 1 N–H and O–H groups in total. The van der Waals surface area contributed by atoms with Crippen LogP contribution in [-0.4, -0.2) is 48.5 Å². The smallest absolute Gasteiger partial charge is 0.345 e. The fourth-order valence-electron chi connectivity index (χ4n) is 2.85. The highest BCUT2D eigenvalue weighted by Gasteiger charge is 2.31. The van der Waals surface area contributed by atoms with Gasteiger partial charge in [0.2, 0.25) is 0 Å². The number of benzene rings is 1. The van der Waals surface area contributed by atoms with Crippen LogP contribution in [0.1, 0.15) is 34.8 Å². The Labute approximate surface area is 143 Å². The number of carboxylic acid groups (broad SMARTS) is 1. The number of hydrogen-bond acceptors (Lipinski definition) is 4. The fraction of sp³-hybridized carbons (Fsp3) is 0.529. The van der Waals surface area contributed by atoms with Gasteiger partial charge < -0.3 is 14.7 Å². The molecule has 0 fully saturated rings. The Morgan fingerprint density at radius 3 is 2.57 bits per heavy atom. The number of aryl methyl sites for hydroxylation is 1. The molecule has 0 radical (unpaired) electrons. The van der Waals surface area contributed by atoms with Crippen LogP contribution in [0.15, 0.2) is 12.1 Å². The van der Waals surface area contributed by atoms with Crippen LogP contribution < -0.4 is 4.74 Å². The van der Waals surface area contributed by atoms with Gasteiger partial charge in [0, 0.05) is 24.4 Å². The van der Waals surface area contributed by atoms with E-state index in [2.05, 4.69) is 0 Å². The van der Waals surface area contributed by atoms with E-state index in [1.54, 1.807) is 6.07 Å². The predicted octanol–water partition coefficient (Wildman–Crippen LogP) is 2.58. The molecule has 2 atom stereocenters. The van der Waals surface area contributed by atoms with Gasteiger partial charge in [-0.1, -0.05) is 6.92 Å². The van der Waals surface area contributed by atoms with Crippen LogP contribution in [0.3, 0.4) is 0 Å². The van der Waals surface area contributed by atoms with Crippen molar-refractivity contribution in [2.75, 3.05) is 20.6 Å². The monoisotopic (exact) mass is 341 g/mol. The summed E-state index contributed by atoms with van der Waals surface area (Å²) in [6.45, 7) is 4.59. The molecule has 0 aromatic heterocycles. The summed E-state index contributed by atoms with van der Waals surface area (Å²) >= 11 is 0. The topological polar surface area (TPSA) is 66.8 Å². The lowest BCUT2D eigenvalue weighted by Gasteiger charge is -2.19. The van der Waals surface area contributed by atoms with E-state index >= 15 is 0 Å². The number of carboxylic acids is 1. The summed E-state index contributed by atoms with van der Waals surface area (Å²) < 4.78 is 5.42. The molecular weight excluding hydrogens is 318 g/mol. The van der Waals surface area contributed by atoms with E-state index < -0.39 is 12.1 Å². The molecular formula is C17H24ClNO4. The number of ether oxygens (including phenoxy) is 1. The van der Waals surface area contributed by atoms with Crippen LogP contribution in [0.5, 0.6) is 5.75 Å². The summed E-state index contributed by atoms with van der Waals surface area (Å²) in [5.41, 5.74) is 2.33. The number of nitrogens with zero attached hydrogens (tertiary/aromatic N) is 1. The van der Waals surface area contributed by atoms with Gasteiger partial charge in [-0.05, 0) is 50.7 Å². The summed E-state index contributed by atoms with van der Waals surface area (Å²) in [6.07, 6.45) is 0.251. The molecule has 1 aliphatic rings. The van der Waals surface area contributed by atoms with Crippen molar-refractivity contribution in [2.45, 2.75) is 32.8 Å². The maximum Gasteiger partial charge on any atom is 0.345 e. The van der Waals surface area contributed by atoms with Crippen LogP contribution in [-0.2, 0) is 11.2 Å². The van der Waals surface area contributed by atoms with E-state index in [0.717, 1.165) is 17.5 Å². The highest BCUT2D eigenvalue weighted by atomic mass is 35.5. The molecule has 1 aromatic rings. The van der Waals surface area contributed by atoms with E-state index in [1.807, 2.05) is 38.9 Å². The molecule has 2 unspecified atom stereocenters. The van der Waals surface area contributed by atoms with Gasteiger partial charge in [-0.2, -0.15) is 0 Å². The number of halogens is 1. The van der Waals surface area contributed by atoms with Gasteiger partial charge in [0.1, 0.15) is 5.75 Å². The van der Waals surface area contributed by atoms with Crippen molar-refractivity contribution in [2.24, 2.45) is 5.92 Å². The molecule has 5 nitrogen and oxygen atoms in total. The summed E-state index contributed by atoms with van der Waals surface area (Å²) in [5, 5.41) is 9.06. The van der Waals surface area contributed by atoms with Gasteiger partial charge >= 0.3 is 5.97 Å². The molecule has 0 bridgehead atoms. The molecule has 0 amide bonds. The number of Topliss-reactive ketones (excluding diaryl/α,β-unsaturated/α-hetero) is 1. The van der Waals surface area contributed by atoms with E-state index in [4.69, 9.17) is 9.84 Å². The number of fused-ring (bicyclic) bond motifs is 1. The van der Waals surface area contributed by atoms with Crippen molar-refractivity contribution in [3.8, 4) is 5.75 Å². The summed E-state index contributed by atoms with van der Waals surface area (Å²) in [7, 11) is 3.91. The first kappa shape index (κ1) is 19.5. The molecule has 1 aromatic carbocycles. The summed E-state index contributed by atoms with van der Waals surface area (Å²) in [6, 6.07) is 3.60. The normalized spacial score (nSPS) is 17.2. The van der Waals surface area contributed by atoms with Crippen LogP contribution in [0.4, 0.5) is 0 Å². The van der Waals surface area contributed by atoms with Gasteiger partial charge in [-0.3, -0.25) is 4.79 Å². The van der Waals surface area contributed by atoms with Crippen LogP contribution in [0.25, 0.3) is 0 Å². The Balaban J connectivity index is 0.00000264. The Bertz CT molecular complexity index is 601. The van der Waals surface area contributed by atoms with Crippen molar-refractivity contribution < 1.29 is 19.4 Å². The summed E-state index contributed by atoms with van der Waals surface area (Å²) in [5.74, 6) is -0.317. The van der Waals surface area contributed by atoms with E-state index in [0.29, 0.717) is 24.3 Å². The number of carbonyl (C=O) groups excluding carboxylic acids is 1. The molecule has 23 heavy (non-hydrogen) atoms. The van der Waals surface area contributed by atoms with Crippen molar-refractivity contribution in [3.05, 3.63) is 28.8 Å². The van der Waals surface area contributed by atoms with Gasteiger partial charge in [-0.25, -0.2) is 4.79 Å². The van der Waals surface area contributed by atoms with Crippen molar-refractivity contribution in [1.29, 1.82) is 0 Å². The lowest BCUT2D eigenvalue weighted by molar-refractivity contribution is -0.144. The maximum absolute atomic E-state index is 12.8. The fourth-order valence-corrected chi connectivity index (χ4v) is 2.85. The second-order valence-corrected chi connectivity index (χ2v) is 6.16. The van der Waals surface area contributed by atoms with Crippen molar-refractivity contribution >= 4 is 24.2 Å².